The molecule has 3 atom stereocenters. The Morgan fingerprint density at radius 2 is 2.00 bits per heavy atom. The van der Waals surface area contributed by atoms with Crippen LogP contribution in [0.5, 0.6) is 0 Å². The fourth-order valence-electron chi connectivity index (χ4n) is 2.85. The molecule has 0 saturated carbocycles. The van der Waals surface area contributed by atoms with Crippen LogP contribution >= 0.6 is 11.6 Å². The SMILES string of the molecule is CCN1C(=O)NC(=O)C2CNC(c3ccc(Cl)cc3)NC21. The minimum Gasteiger partial charge on any atom is -0.308 e. The minimum absolute atomic E-state index is 0.115. The van der Waals surface area contributed by atoms with Crippen LogP contribution < -0.4 is 16.0 Å². The number of rotatable bonds is 2. The molecule has 3 unspecified atom stereocenters. The Balaban J connectivity index is 1.82. The van der Waals surface area contributed by atoms with Crippen molar-refractivity contribution >= 4 is 23.5 Å². The van der Waals surface area contributed by atoms with Crippen molar-refractivity contribution in [2.75, 3.05) is 13.1 Å². The second-order valence-electron chi connectivity index (χ2n) is 5.19. The van der Waals surface area contributed by atoms with E-state index >= 15 is 0 Å². The number of benzene rings is 1. The molecule has 1 aromatic rings. The van der Waals surface area contributed by atoms with Crippen LogP contribution in [0, 0.1) is 5.92 Å². The summed E-state index contributed by atoms with van der Waals surface area (Å²) in [6.45, 7) is 2.95. The molecule has 3 amide bonds. The van der Waals surface area contributed by atoms with Crippen molar-refractivity contribution in [3.8, 4) is 0 Å². The Labute approximate surface area is 127 Å². The van der Waals surface area contributed by atoms with E-state index in [1.165, 1.54) is 0 Å². The molecule has 0 aromatic heterocycles. The van der Waals surface area contributed by atoms with Crippen molar-refractivity contribution in [2.45, 2.75) is 19.3 Å². The van der Waals surface area contributed by atoms with Gasteiger partial charge in [0.15, 0.2) is 0 Å². The Bertz CT molecular complexity index is 547. The predicted molar refractivity (Wildman–Crippen MR) is 78.5 cm³/mol. The Morgan fingerprint density at radius 1 is 1.29 bits per heavy atom. The van der Waals surface area contributed by atoms with Crippen molar-refractivity contribution in [3.63, 3.8) is 0 Å². The van der Waals surface area contributed by atoms with Crippen molar-refractivity contribution in [1.29, 1.82) is 0 Å². The molecule has 3 N–H and O–H groups in total. The summed E-state index contributed by atoms with van der Waals surface area (Å²) < 4.78 is 0. The van der Waals surface area contributed by atoms with Gasteiger partial charge in [0, 0.05) is 18.1 Å². The average molecular weight is 309 g/mol. The summed E-state index contributed by atoms with van der Waals surface area (Å²) in [7, 11) is 0. The molecule has 21 heavy (non-hydrogen) atoms. The van der Waals surface area contributed by atoms with Crippen molar-refractivity contribution in [2.24, 2.45) is 5.92 Å². The van der Waals surface area contributed by atoms with Gasteiger partial charge in [0.1, 0.15) is 0 Å². The van der Waals surface area contributed by atoms with E-state index in [9.17, 15) is 9.59 Å². The first-order chi connectivity index (χ1) is 10.1. The lowest BCUT2D eigenvalue weighted by atomic mass is 9.97. The number of imide groups is 1. The van der Waals surface area contributed by atoms with Crippen molar-refractivity contribution in [1.82, 2.24) is 20.9 Å². The molecule has 0 aliphatic carbocycles. The molecular formula is C14H17ClN4O2. The van der Waals surface area contributed by atoms with Crippen molar-refractivity contribution < 1.29 is 9.59 Å². The maximum absolute atomic E-state index is 11.9. The fourth-order valence-corrected chi connectivity index (χ4v) is 2.98. The summed E-state index contributed by atoms with van der Waals surface area (Å²) in [6, 6.07) is 7.15. The topological polar surface area (TPSA) is 73.5 Å². The normalized spacial score (nSPS) is 29.0. The Kier molecular flexibility index (Phi) is 3.84. The molecule has 2 aliphatic heterocycles. The number of nitrogens with zero attached hydrogens (tertiary/aromatic N) is 1. The number of nitrogens with one attached hydrogen (secondary N) is 3. The lowest BCUT2D eigenvalue weighted by Crippen LogP contribution is -2.70. The number of amides is 3. The smallest absolute Gasteiger partial charge is 0.308 e. The summed E-state index contributed by atoms with van der Waals surface area (Å²) in [5, 5.41) is 9.70. The molecular weight excluding hydrogens is 292 g/mol. The Hall–Kier alpha value is -1.63. The molecule has 2 saturated heterocycles. The molecule has 6 nitrogen and oxygen atoms in total. The average Bonchev–Trinajstić information content (AvgIpc) is 2.48. The van der Waals surface area contributed by atoms with Gasteiger partial charge in [-0.15, -0.1) is 0 Å². The van der Waals surface area contributed by atoms with E-state index in [2.05, 4.69) is 16.0 Å². The van der Waals surface area contributed by atoms with Crippen LogP contribution in [-0.2, 0) is 4.79 Å². The second-order valence-corrected chi connectivity index (χ2v) is 5.63. The summed E-state index contributed by atoms with van der Waals surface area (Å²) in [4.78, 5) is 25.5. The third kappa shape index (κ3) is 2.62. The second kappa shape index (κ2) is 5.63. The van der Waals surface area contributed by atoms with Gasteiger partial charge in [0.2, 0.25) is 5.91 Å². The molecule has 2 fully saturated rings. The first kappa shape index (κ1) is 14.3. The molecule has 3 rings (SSSR count). The molecule has 1 aromatic carbocycles. The fraction of sp³-hybridized carbons (Fsp3) is 0.429. The number of hydrogen-bond acceptors (Lipinski definition) is 4. The van der Waals surface area contributed by atoms with Gasteiger partial charge in [-0.25, -0.2) is 4.79 Å². The van der Waals surface area contributed by atoms with Crippen molar-refractivity contribution in [3.05, 3.63) is 34.9 Å². The standard InChI is InChI=1S/C14H17ClN4O2/c1-2-19-12-10(13(20)18-14(19)21)7-16-11(17-12)8-3-5-9(15)6-4-8/h3-6,10-12,16-17H,2,7H2,1H3,(H,18,20,21). The number of hydrogen-bond donors (Lipinski definition) is 3. The van der Waals surface area contributed by atoms with Gasteiger partial charge in [-0.2, -0.15) is 0 Å². The van der Waals surface area contributed by atoms with Crippen LogP contribution in [0.2, 0.25) is 5.02 Å². The third-order valence-electron chi connectivity index (χ3n) is 3.97. The quantitative estimate of drug-likeness (QED) is 0.763. The molecule has 0 radical (unpaired) electrons. The first-order valence-corrected chi connectivity index (χ1v) is 7.34. The molecule has 0 spiro atoms. The zero-order chi connectivity index (χ0) is 15.0. The number of carbonyl (C=O) groups is 2. The summed E-state index contributed by atoms with van der Waals surface area (Å²) in [6.07, 6.45) is -0.408. The number of carbonyl (C=O) groups excluding carboxylic acids is 2. The number of fused-ring (bicyclic) bond motifs is 1. The van der Waals surface area contributed by atoms with Gasteiger partial charge < -0.3 is 4.90 Å². The van der Waals surface area contributed by atoms with Crippen LogP contribution in [0.25, 0.3) is 0 Å². The lowest BCUT2D eigenvalue weighted by molar-refractivity contribution is -0.130. The van der Waals surface area contributed by atoms with Gasteiger partial charge in [0.05, 0.1) is 18.2 Å². The maximum atomic E-state index is 11.9. The highest BCUT2D eigenvalue weighted by Gasteiger charge is 2.44. The number of urea groups is 1. The lowest BCUT2D eigenvalue weighted by Gasteiger charge is -2.45. The highest BCUT2D eigenvalue weighted by Crippen LogP contribution is 2.24. The predicted octanol–water partition coefficient (Wildman–Crippen LogP) is 1.05. The van der Waals surface area contributed by atoms with E-state index in [0.717, 1.165) is 5.56 Å². The molecule has 0 bridgehead atoms. The highest BCUT2D eigenvalue weighted by atomic mass is 35.5. The zero-order valence-corrected chi connectivity index (χ0v) is 12.4. The van der Waals surface area contributed by atoms with Crippen LogP contribution in [0.3, 0.4) is 0 Å². The summed E-state index contributed by atoms with van der Waals surface area (Å²) >= 11 is 5.90. The maximum Gasteiger partial charge on any atom is 0.325 e. The van der Waals surface area contributed by atoms with Crippen LogP contribution in [-0.4, -0.2) is 36.1 Å². The van der Waals surface area contributed by atoms with Crippen LogP contribution in [0.4, 0.5) is 4.79 Å². The van der Waals surface area contributed by atoms with E-state index in [-0.39, 0.29) is 30.2 Å². The van der Waals surface area contributed by atoms with Gasteiger partial charge in [-0.1, -0.05) is 23.7 Å². The monoisotopic (exact) mass is 308 g/mol. The van der Waals surface area contributed by atoms with E-state index in [0.29, 0.717) is 18.1 Å². The Morgan fingerprint density at radius 3 is 2.67 bits per heavy atom. The van der Waals surface area contributed by atoms with Crippen LogP contribution in [0.15, 0.2) is 24.3 Å². The van der Waals surface area contributed by atoms with E-state index in [1.807, 2.05) is 31.2 Å². The summed E-state index contributed by atoms with van der Waals surface area (Å²) in [5.41, 5.74) is 1.02. The summed E-state index contributed by atoms with van der Waals surface area (Å²) in [5.74, 6) is -0.518. The number of halogens is 1. The van der Waals surface area contributed by atoms with Gasteiger partial charge >= 0.3 is 6.03 Å². The molecule has 2 heterocycles. The first-order valence-electron chi connectivity index (χ1n) is 6.96. The van der Waals surface area contributed by atoms with Gasteiger partial charge in [-0.3, -0.25) is 20.7 Å². The third-order valence-corrected chi connectivity index (χ3v) is 4.22. The molecule has 2 aliphatic rings. The molecule has 112 valence electrons. The zero-order valence-electron chi connectivity index (χ0n) is 11.6. The molecule has 7 heteroatoms. The highest BCUT2D eigenvalue weighted by molar-refractivity contribution is 6.30. The van der Waals surface area contributed by atoms with E-state index in [4.69, 9.17) is 11.6 Å². The minimum atomic E-state index is -0.340. The van der Waals surface area contributed by atoms with Gasteiger partial charge in [-0.05, 0) is 24.6 Å². The largest absolute Gasteiger partial charge is 0.325 e. The van der Waals surface area contributed by atoms with Crippen LogP contribution in [0.1, 0.15) is 18.7 Å². The van der Waals surface area contributed by atoms with Gasteiger partial charge in [0.25, 0.3) is 0 Å². The van der Waals surface area contributed by atoms with E-state index < -0.39 is 0 Å². The van der Waals surface area contributed by atoms with E-state index in [1.54, 1.807) is 4.90 Å².